The minimum absolute atomic E-state index is 0.164. The number of hydrogen-bond donors (Lipinski definition) is 1. The Morgan fingerprint density at radius 3 is 2.29 bits per heavy atom. The van der Waals surface area contributed by atoms with Crippen LogP contribution in [0.1, 0.15) is 41.0 Å². The van der Waals surface area contributed by atoms with Gasteiger partial charge in [-0.05, 0) is 26.7 Å². The molecule has 0 fully saturated rings. The van der Waals surface area contributed by atoms with Gasteiger partial charge in [0.2, 0.25) is 0 Å². The molecule has 0 aromatic rings. The summed E-state index contributed by atoms with van der Waals surface area (Å²) < 4.78 is 4.92. The van der Waals surface area contributed by atoms with E-state index in [1.54, 1.807) is 0 Å². The van der Waals surface area contributed by atoms with E-state index in [-0.39, 0.29) is 12.0 Å². The summed E-state index contributed by atoms with van der Waals surface area (Å²) in [5, 5.41) is 3.24. The van der Waals surface area contributed by atoms with Crippen LogP contribution >= 0.6 is 0 Å². The van der Waals surface area contributed by atoms with Gasteiger partial charge in [-0.1, -0.05) is 20.3 Å². The van der Waals surface area contributed by atoms with Crippen LogP contribution in [0.15, 0.2) is 0 Å². The smallest absolute Gasteiger partial charge is 0.322 e. The van der Waals surface area contributed by atoms with Gasteiger partial charge < -0.3 is 10.1 Å². The van der Waals surface area contributed by atoms with E-state index >= 15 is 0 Å². The van der Waals surface area contributed by atoms with Gasteiger partial charge in [-0.15, -0.1) is 0 Å². The summed E-state index contributed by atoms with van der Waals surface area (Å²) in [5.74, 6) is 0.412. The lowest BCUT2D eigenvalue weighted by Gasteiger charge is -2.23. The molecular formula is C11H23NO2. The molecule has 0 aliphatic carbocycles. The van der Waals surface area contributed by atoms with Crippen LogP contribution in [0.4, 0.5) is 0 Å². The fraction of sp³-hybridized carbons (Fsp3) is 0.909. The lowest BCUT2D eigenvalue weighted by molar-refractivity contribution is -0.145. The molecule has 0 saturated carbocycles. The molecule has 14 heavy (non-hydrogen) atoms. The van der Waals surface area contributed by atoms with Crippen molar-refractivity contribution in [1.82, 2.24) is 5.32 Å². The highest BCUT2D eigenvalue weighted by molar-refractivity contribution is 5.75. The van der Waals surface area contributed by atoms with E-state index in [4.69, 9.17) is 4.74 Å². The molecule has 0 radical (unpaired) electrons. The molecule has 0 amide bonds. The van der Waals surface area contributed by atoms with Crippen LogP contribution in [0.5, 0.6) is 0 Å². The Labute approximate surface area is 87.2 Å². The van der Waals surface area contributed by atoms with E-state index < -0.39 is 0 Å². The zero-order valence-corrected chi connectivity index (χ0v) is 9.96. The van der Waals surface area contributed by atoms with Crippen LogP contribution in [0.3, 0.4) is 0 Å². The van der Waals surface area contributed by atoms with E-state index in [2.05, 4.69) is 26.1 Å². The van der Waals surface area contributed by atoms with Crippen molar-refractivity contribution in [2.24, 2.45) is 5.92 Å². The summed E-state index contributed by atoms with van der Waals surface area (Å²) in [6.45, 7) is 10.5. The first-order chi connectivity index (χ1) is 6.52. The predicted octanol–water partition coefficient (Wildman–Crippen LogP) is 1.96. The maximum atomic E-state index is 11.3. The normalized spacial score (nSPS) is 17.2. The van der Waals surface area contributed by atoms with Crippen LogP contribution in [0, 0.1) is 5.92 Å². The van der Waals surface area contributed by atoms with Crippen LogP contribution in [0.2, 0.25) is 0 Å². The second-order valence-electron chi connectivity index (χ2n) is 3.81. The first-order valence-electron chi connectivity index (χ1n) is 5.45. The first kappa shape index (κ1) is 13.4. The van der Waals surface area contributed by atoms with Crippen LogP contribution in [-0.2, 0) is 9.53 Å². The van der Waals surface area contributed by atoms with Crippen molar-refractivity contribution in [3.05, 3.63) is 0 Å². The molecule has 0 heterocycles. The van der Waals surface area contributed by atoms with Crippen molar-refractivity contribution >= 4 is 5.97 Å². The highest BCUT2D eigenvalue weighted by Crippen LogP contribution is 2.07. The third-order valence-corrected chi connectivity index (χ3v) is 2.65. The molecule has 3 heteroatoms. The third kappa shape index (κ3) is 4.61. The lowest BCUT2D eigenvalue weighted by atomic mass is 10.0. The highest BCUT2D eigenvalue weighted by Gasteiger charge is 2.18. The summed E-state index contributed by atoms with van der Waals surface area (Å²) in [7, 11) is 0. The number of carbonyl (C=O) groups is 1. The van der Waals surface area contributed by atoms with Gasteiger partial charge in [-0.2, -0.15) is 0 Å². The molecule has 0 aromatic carbocycles. The van der Waals surface area contributed by atoms with Gasteiger partial charge in [0, 0.05) is 6.04 Å². The Morgan fingerprint density at radius 2 is 1.86 bits per heavy atom. The predicted molar refractivity (Wildman–Crippen MR) is 58.1 cm³/mol. The fourth-order valence-electron chi connectivity index (χ4n) is 1.25. The van der Waals surface area contributed by atoms with Crippen LogP contribution in [0.25, 0.3) is 0 Å². The van der Waals surface area contributed by atoms with E-state index in [0.29, 0.717) is 18.6 Å². The quantitative estimate of drug-likeness (QED) is 0.668. The molecule has 0 rings (SSSR count). The fourth-order valence-corrected chi connectivity index (χ4v) is 1.25. The average Bonchev–Trinajstić information content (AvgIpc) is 2.16. The van der Waals surface area contributed by atoms with Gasteiger partial charge in [0.25, 0.3) is 0 Å². The molecule has 3 nitrogen and oxygen atoms in total. The number of ether oxygens (including phenoxy) is 1. The summed E-state index contributed by atoms with van der Waals surface area (Å²) in [6.07, 6.45) is 1.11. The maximum absolute atomic E-state index is 11.3. The van der Waals surface area contributed by atoms with E-state index in [1.165, 1.54) is 0 Å². The number of hydrogen-bond acceptors (Lipinski definition) is 3. The second-order valence-corrected chi connectivity index (χ2v) is 3.81. The molecule has 3 atom stereocenters. The SMILES string of the molecule is CCOC(=O)C(C)NC(C)C(C)CC. The standard InChI is InChI=1S/C11H23NO2/c1-6-8(3)9(4)12-10(5)11(13)14-7-2/h8-10,12H,6-7H2,1-5H3. The molecule has 1 N–H and O–H groups in total. The van der Waals surface area contributed by atoms with Gasteiger partial charge in [-0.3, -0.25) is 4.79 Å². The minimum atomic E-state index is -0.209. The van der Waals surface area contributed by atoms with Gasteiger partial charge in [0.1, 0.15) is 6.04 Å². The molecular weight excluding hydrogens is 178 g/mol. The zero-order valence-electron chi connectivity index (χ0n) is 9.96. The van der Waals surface area contributed by atoms with Gasteiger partial charge in [-0.25, -0.2) is 0 Å². The lowest BCUT2D eigenvalue weighted by Crippen LogP contribution is -2.43. The monoisotopic (exact) mass is 201 g/mol. The Morgan fingerprint density at radius 1 is 1.29 bits per heavy atom. The number of rotatable bonds is 6. The first-order valence-corrected chi connectivity index (χ1v) is 5.45. The second kappa shape index (κ2) is 6.82. The summed E-state index contributed by atoms with van der Waals surface area (Å²) in [4.78, 5) is 11.3. The molecule has 0 aliphatic rings. The van der Waals surface area contributed by atoms with Gasteiger partial charge in [0.15, 0.2) is 0 Å². The average molecular weight is 201 g/mol. The van der Waals surface area contributed by atoms with Crippen molar-refractivity contribution in [2.75, 3.05) is 6.61 Å². The zero-order chi connectivity index (χ0) is 11.1. The topological polar surface area (TPSA) is 38.3 Å². The summed E-state index contributed by atoms with van der Waals surface area (Å²) >= 11 is 0. The largest absolute Gasteiger partial charge is 0.465 e. The molecule has 84 valence electrons. The van der Waals surface area contributed by atoms with E-state index in [0.717, 1.165) is 6.42 Å². The van der Waals surface area contributed by atoms with Crippen LogP contribution in [-0.4, -0.2) is 24.7 Å². The summed E-state index contributed by atoms with van der Waals surface area (Å²) in [6, 6.07) is 0.137. The highest BCUT2D eigenvalue weighted by atomic mass is 16.5. The number of carbonyl (C=O) groups excluding carboxylic acids is 1. The number of nitrogens with one attached hydrogen (secondary N) is 1. The third-order valence-electron chi connectivity index (χ3n) is 2.65. The van der Waals surface area contributed by atoms with E-state index in [9.17, 15) is 4.79 Å². The molecule has 0 saturated heterocycles. The van der Waals surface area contributed by atoms with Crippen molar-refractivity contribution in [3.8, 4) is 0 Å². The Bertz CT molecular complexity index is 171. The molecule has 0 aliphatic heterocycles. The van der Waals surface area contributed by atoms with Crippen molar-refractivity contribution in [2.45, 2.75) is 53.1 Å². The number of esters is 1. The van der Waals surface area contributed by atoms with Gasteiger partial charge >= 0.3 is 5.97 Å². The van der Waals surface area contributed by atoms with Crippen molar-refractivity contribution < 1.29 is 9.53 Å². The molecule has 3 unspecified atom stereocenters. The van der Waals surface area contributed by atoms with Gasteiger partial charge in [0.05, 0.1) is 6.61 Å². The maximum Gasteiger partial charge on any atom is 0.322 e. The Hall–Kier alpha value is -0.570. The van der Waals surface area contributed by atoms with E-state index in [1.807, 2.05) is 13.8 Å². The van der Waals surface area contributed by atoms with Crippen LogP contribution < -0.4 is 5.32 Å². The Balaban J connectivity index is 3.92. The van der Waals surface area contributed by atoms with Crippen molar-refractivity contribution in [1.29, 1.82) is 0 Å². The minimum Gasteiger partial charge on any atom is -0.465 e. The Kier molecular flexibility index (Phi) is 6.54. The molecule has 0 spiro atoms. The van der Waals surface area contributed by atoms with Crippen molar-refractivity contribution in [3.63, 3.8) is 0 Å². The summed E-state index contributed by atoms with van der Waals surface area (Å²) in [5.41, 5.74) is 0. The molecule has 0 aromatic heterocycles. The molecule has 0 bridgehead atoms.